The van der Waals surface area contributed by atoms with Crippen molar-refractivity contribution in [1.82, 2.24) is 24.5 Å². The molecule has 2 aromatic rings. The van der Waals surface area contributed by atoms with E-state index in [1.54, 1.807) is 16.8 Å². The van der Waals surface area contributed by atoms with Gasteiger partial charge in [0, 0.05) is 19.3 Å². The summed E-state index contributed by atoms with van der Waals surface area (Å²) in [6.07, 6.45) is 6.73. The Hall–Kier alpha value is -2.28. The number of hydrogen-bond acceptors (Lipinski definition) is 5. The van der Waals surface area contributed by atoms with Crippen molar-refractivity contribution in [3.05, 3.63) is 36.4 Å². The van der Waals surface area contributed by atoms with Crippen LogP contribution in [-0.4, -0.2) is 56.2 Å². The molecular formula is C17H23N5O2. The molecule has 0 spiro atoms. The summed E-state index contributed by atoms with van der Waals surface area (Å²) in [6.45, 7) is 9.69. The first-order chi connectivity index (χ1) is 11.6. The SMILES string of the molecule is C=CCOC1CCN(C(=O)c2cnc3ncnn3c2C(C)C)CC1. The van der Waals surface area contributed by atoms with Crippen LogP contribution in [0.2, 0.25) is 0 Å². The molecule has 128 valence electrons. The van der Waals surface area contributed by atoms with Gasteiger partial charge in [0.05, 0.1) is 24.0 Å². The molecule has 0 unspecified atom stereocenters. The predicted molar refractivity (Wildman–Crippen MR) is 89.9 cm³/mol. The zero-order chi connectivity index (χ0) is 17.1. The number of carbonyl (C=O) groups excluding carboxylic acids is 1. The van der Waals surface area contributed by atoms with E-state index < -0.39 is 0 Å². The van der Waals surface area contributed by atoms with Gasteiger partial charge in [-0.1, -0.05) is 19.9 Å². The summed E-state index contributed by atoms with van der Waals surface area (Å²) in [4.78, 5) is 23.2. The second-order valence-electron chi connectivity index (χ2n) is 6.30. The number of likely N-dealkylation sites (tertiary alicyclic amines) is 1. The van der Waals surface area contributed by atoms with E-state index in [4.69, 9.17) is 4.74 Å². The average molecular weight is 329 g/mol. The molecule has 0 aromatic carbocycles. The summed E-state index contributed by atoms with van der Waals surface area (Å²) >= 11 is 0. The largest absolute Gasteiger partial charge is 0.374 e. The number of aromatic nitrogens is 4. The highest BCUT2D eigenvalue weighted by Crippen LogP contribution is 2.22. The molecule has 7 nitrogen and oxygen atoms in total. The first-order valence-electron chi connectivity index (χ1n) is 8.32. The fourth-order valence-corrected chi connectivity index (χ4v) is 3.12. The third-order valence-corrected chi connectivity index (χ3v) is 4.30. The molecule has 1 aliphatic rings. The highest BCUT2D eigenvalue weighted by atomic mass is 16.5. The van der Waals surface area contributed by atoms with Crippen LogP contribution in [0.25, 0.3) is 5.78 Å². The maximum Gasteiger partial charge on any atom is 0.257 e. The zero-order valence-electron chi connectivity index (χ0n) is 14.2. The van der Waals surface area contributed by atoms with E-state index >= 15 is 0 Å². The van der Waals surface area contributed by atoms with Gasteiger partial charge in [0.25, 0.3) is 11.7 Å². The minimum absolute atomic E-state index is 0.00534. The molecule has 1 aliphatic heterocycles. The van der Waals surface area contributed by atoms with Crippen LogP contribution in [0.4, 0.5) is 0 Å². The number of piperidine rings is 1. The van der Waals surface area contributed by atoms with Gasteiger partial charge in [0.15, 0.2) is 0 Å². The molecule has 3 heterocycles. The molecule has 0 bridgehead atoms. The van der Waals surface area contributed by atoms with Gasteiger partial charge in [-0.25, -0.2) is 9.50 Å². The van der Waals surface area contributed by atoms with Crippen LogP contribution in [0.1, 0.15) is 48.7 Å². The highest BCUT2D eigenvalue weighted by molar-refractivity contribution is 5.95. The molecule has 2 aromatic heterocycles. The summed E-state index contributed by atoms with van der Waals surface area (Å²) in [7, 11) is 0. The van der Waals surface area contributed by atoms with Crippen LogP contribution in [0.5, 0.6) is 0 Å². The van der Waals surface area contributed by atoms with E-state index in [0.29, 0.717) is 31.0 Å². The summed E-state index contributed by atoms with van der Waals surface area (Å²) in [5.41, 5.74) is 1.46. The van der Waals surface area contributed by atoms with Gasteiger partial charge in [-0.05, 0) is 18.8 Å². The van der Waals surface area contributed by atoms with E-state index in [2.05, 4.69) is 21.6 Å². The van der Waals surface area contributed by atoms with E-state index in [0.717, 1.165) is 18.5 Å². The second-order valence-corrected chi connectivity index (χ2v) is 6.30. The molecule has 0 radical (unpaired) electrons. The number of ether oxygens (including phenoxy) is 1. The van der Waals surface area contributed by atoms with Gasteiger partial charge < -0.3 is 9.64 Å². The maximum atomic E-state index is 13.0. The lowest BCUT2D eigenvalue weighted by atomic mass is 10.0. The van der Waals surface area contributed by atoms with Crippen molar-refractivity contribution in [2.75, 3.05) is 19.7 Å². The van der Waals surface area contributed by atoms with Gasteiger partial charge >= 0.3 is 0 Å². The minimum atomic E-state index is 0.00534. The van der Waals surface area contributed by atoms with Crippen LogP contribution in [0.3, 0.4) is 0 Å². The normalized spacial score (nSPS) is 16.0. The number of amides is 1. The Balaban J connectivity index is 1.79. The lowest BCUT2D eigenvalue weighted by molar-refractivity contribution is 0.0210. The first kappa shape index (κ1) is 16.6. The quantitative estimate of drug-likeness (QED) is 0.785. The van der Waals surface area contributed by atoms with Gasteiger partial charge in [-0.3, -0.25) is 4.79 Å². The summed E-state index contributed by atoms with van der Waals surface area (Å²) < 4.78 is 7.35. The molecular weight excluding hydrogens is 306 g/mol. The minimum Gasteiger partial charge on any atom is -0.374 e. The molecule has 0 aliphatic carbocycles. The summed E-state index contributed by atoms with van der Waals surface area (Å²) in [5.74, 6) is 0.669. The number of fused-ring (bicyclic) bond motifs is 1. The molecule has 0 N–H and O–H groups in total. The van der Waals surface area contributed by atoms with Crippen LogP contribution >= 0.6 is 0 Å². The van der Waals surface area contributed by atoms with Gasteiger partial charge in [0.2, 0.25) is 0 Å². The molecule has 0 atom stereocenters. The topological polar surface area (TPSA) is 72.6 Å². The molecule has 24 heavy (non-hydrogen) atoms. The summed E-state index contributed by atoms with van der Waals surface area (Å²) in [5, 5.41) is 4.22. The molecule has 1 amide bonds. The lowest BCUT2D eigenvalue weighted by Gasteiger charge is -2.32. The van der Waals surface area contributed by atoms with Crippen LogP contribution in [0.15, 0.2) is 25.2 Å². The molecule has 1 fully saturated rings. The van der Waals surface area contributed by atoms with Gasteiger partial charge in [0.1, 0.15) is 6.33 Å². The van der Waals surface area contributed by atoms with Gasteiger partial charge in [-0.2, -0.15) is 10.1 Å². The Labute approximate surface area is 141 Å². The van der Waals surface area contributed by atoms with Crippen LogP contribution in [0, 0.1) is 0 Å². The van der Waals surface area contributed by atoms with Crippen molar-refractivity contribution in [2.45, 2.75) is 38.7 Å². The molecule has 1 saturated heterocycles. The predicted octanol–water partition coefficient (Wildman–Crippen LogP) is 2.05. The van der Waals surface area contributed by atoms with E-state index in [1.807, 2.05) is 18.7 Å². The Morgan fingerprint density at radius 1 is 1.42 bits per heavy atom. The number of carbonyl (C=O) groups is 1. The third kappa shape index (κ3) is 3.17. The van der Waals surface area contributed by atoms with Crippen molar-refractivity contribution in [1.29, 1.82) is 0 Å². The van der Waals surface area contributed by atoms with Gasteiger partial charge in [-0.15, -0.1) is 6.58 Å². The van der Waals surface area contributed by atoms with Crippen LogP contribution < -0.4 is 0 Å². The highest BCUT2D eigenvalue weighted by Gasteiger charge is 2.27. The molecule has 0 saturated carbocycles. The monoisotopic (exact) mass is 329 g/mol. The van der Waals surface area contributed by atoms with Crippen molar-refractivity contribution < 1.29 is 9.53 Å². The standard InChI is InChI=1S/C17H23N5O2/c1-4-9-24-13-5-7-21(8-6-13)16(23)14-10-18-17-19-11-20-22(17)15(14)12(2)3/h4,10-13H,1,5-9H2,2-3H3. The smallest absolute Gasteiger partial charge is 0.257 e. The molecule has 3 rings (SSSR count). The Morgan fingerprint density at radius 3 is 2.83 bits per heavy atom. The van der Waals surface area contributed by atoms with Crippen molar-refractivity contribution in [2.24, 2.45) is 0 Å². The van der Waals surface area contributed by atoms with E-state index in [9.17, 15) is 4.79 Å². The Morgan fingerprint density at radius 2 is 2.17 bits per heavy atom. The van der Waals surface area contributed by atoms with Crippen molar-refractivity contribution in [3.8, 4) is 0 Å². The number of nitrogens with zero attached hydrogens (tertiary/aromatic N) is 5. The molecule has 7 heteroatoms. The fraction of sp³-hybridized carbons (Fsp3) is 0.529. The Kier molecular flexibility index (Phi) is 4.89. The summed E-state index contributed by atoms with van der Waals surface area (Å²) in [6, 6.07) is 0. The van der Waals surface area contributed by atoms with Crippen LogP contribution in [-0.2, 0) is 4.74 Å². The van der Waals surface area contributed by atoms with Crippen molar-refractivity contribution >= 4 is 11.7 Å². The number of hydrogen-bond donors (Lipinski definition) is 0. The fourth-order valence-electron chi connectivity index (χ4n) is 3.12. The lowest BCUT2D eigenvalue weighted by Crippen LogP contribution is -2.41. The average Bonchev–Trinajstić information content (AvgIpc) is 3.07. The van der Waals surface area contributed by atoms with Crippen molar-refractivity contribution in [3.63, 3.8) is 0 Å². The Bertz CT molecular complexity index is 732. The number of rotatable bonds is 5. The second kappa shape index (κ2) is 7.09. The van der Waals surface area contributed by atoms with E-state index in [1.165, 1.54) is 6.33 Å². The first-order valence-corrected chi connectivity index (χ1v) is 8.32. The maximum absolute atomic E-state index is 13.0. The third-order valence-electron chi connectivity index (χ3n) is 4.30. The zero-order valence-corrected chi connectivity index (χ0v) is 14.2. The van der Waals surface area contributed by atoms with E-state index in [-0.39, 0.29) is 17.9 Å².